The first-order valence-corrected chi connectivity index (χ1v) is 18.5. The Balaban J connectivity index is 1.03. The first-order chi connectivity index (χ1) is 22.8. The van der Waals surface area contributed by atoms with Gasteiger partial charge in [-0.15, -0.1) is 0 Å². The van der Waals surface area contributed by atoms with Crippen LogP contribution in [0.25, 0.3) is 0 Å². The molecule has 0 aromatic heterocycles. The van der Waals surface area contributed by atoms with E-state index in [1.807, 2.05) is 18.2 Å². The molecule has 7 heteroatoms. The molecule has 2 amide bonds. The van der Waals surface area contributed by atoms with Gasteiger partial charge in [-0.25, -0.2) is 4.79 Å². The van der Waals surface area contributed by atoms with Crippen LogP contribution >= 0.6 is 0 Å². The standard InChI is InChI=1S/C41H54N2O5/c1-38(2)32-16-19-39(3)30-15-21-41(18-7-12-31(41)29(30)13-14-33(39)40(32,4)20-17-34(38)44)37(48)42-24-25-8-5-9-26(22-25)35(45)43-28-11-6-10-27(23-28)36(46)47/h5-6,8-11,22-23,29-34,44H,7,12-21,24H2,1-4H3,(H,42,48)(H,43,45)(H,46,47). The van der Waals surface area contributed by atoms with Gasteiger partial charge in [0.05, 0.1) is 17.1 Å². The average Bonchev–Trinajstić information content (AvgIpc) is 3.52. The molecule has 5 aliphatic carbocycles. The van der Waals surface area contributed by atoms with E-state index in [9.17, 15) is 24.6 Å². The normalized spacial score (nSPS) is 38.0. The maximum Gasteiger partial charge on any atom is 0.335 e. The number of amides is 2. The largest absolute Gasteiger partial charge is 0.478 e. The average molecular weight is 655 g/mol. The number of rotatable bonds is 6. The SMILES string of the molecule is CC1(C)C(O)CCC2(C)C1CCC1(C)C3CCC4(C(=O)NCc5cccc(C(=O)Nc6cccc(C(=O)O)c6)c5)CCCC4C3CCC12. The van der Waals surface area contributed by atoms with Crippen LogP contribution in [0.4, 0.5) is 5.69 Å². The summed E-state index contributed by atoms with van der Waals surface area (Å²) in [4.78, 5) is 38.6. The van der Waals surface area contributed by atoms with Crippen LogP contribution in [0.15, 0.2) is 48.5 Å². The number of carboxylic acids is 1. The fourth-order valence-corrected chi connectivity index (χ4v) is 12.7. The summed E-state index contributed by atoms with van der Waals surface area (Å²) < 4.78 is 0. The van der Waals surface area contributed by atoms with Crippen LogP contribution in [0.5, 0.6) is 0 Å². The van der Waals surface area contributed by atoms with Gasteiger partial charge in [-0.3, -0.25) is 9.59 Å². The molecule has 5 aliphatic rings. The first-order valence-electron chi connectivity index (χ1n) is 18.5. The van der Waals surface area contributed by atoms with Gasteiger partial charge >= 0.3 is 5.97 Å². The maximum absolute atomic E-state index is 14.2. The fourth-order valence-electron chi connectivity index (χ4n) is 12.7. The number of aromatic carboxylic acids is 1. The van der Waals surface area contributed by atoms with E-state index < -0.39 is 5.97 Å². The van der Waals surface area contributed by atoms with Crippen molar-refractivity contribution < 1.29 is 24.6 Å². The van der Waals surface area contributed by atoms with E-state index in [2.05, 4.69) is 38.3 Å². The molecule has 9 atom stereocenters. The lowest BCUT2D eigenvalue weighted by molar-refractivity contribution is -0.214. The van der Waals surface area contributed by atoms with Crippen molar-refractivity contribution in [1.82, 2.24) is 5.32 Å². The molecule has 5 saturated carbocycles. The van der Waals surface area contributed by atoms with Crippen molar-refractivity contribution in [3.63, 3.8) is 0 Å². The molecular formula is C41H54N2O5. The summed E-state index contributed by atoms with van der Waals surface area (Å²) in [7, 11) is 0. The molecule has 0 radical (unpaired) electrons. The molecule has 0 saturated heterocycles. The van der Waals surface area contributed by atoms with Gasteiger partial charge in [-0.05, 0) is 146 Å². The molecule has 5 fully saturated rings. The Labute approximate surface area is 285 Å². The highest BCUT2D eigenvalue weighted by atomic mass is 16.4. The topological polar surface area (TPSA) is 116 Å². The predicted octanol–water partition coefficient (Wildman–Crippen LogP) is 8.08. The van der Waals surface area contributed by atoms with E-state index in [4.69, 9.17) is 0 Å². The van der Waals surface area contributed by atoms with E-state index in [1.165, 1.54) is 37.8 Å². The second-order valence-electron chi connectivity index (χ2n) is 17.3. The van der Waals surface area contributed by atoms with Crippen LogP contribution in [0.3, 0.4) is 0 Å². The molecule has 4 N–H and O–H groups in total. The van der Waals surface area contributed by atoms with Crippen LogP contribution in [-0.4, -0.2) is 34.1 Å². The summed E-state index contributed by atoms with van der Waals surface area (Å²) in [5, 5.41) is 26.4. The van der Waals surface area contributed by atoms with Crippen LogP contribution in [0.2, 0.25) is 0 Å². The zero-order valence-corrected chi connectivity index (χ0v) is 29.2. The van der Waals surface area contributed by atoms with Gasteiger partial charge < -0.3 is 20.8 Å². The minimum absolute atomic E-state index is 0.0341. The molecule has 7 nitrogen and oxygen atoms in total. The number of nitrogens with one attached hydrogen (secondary N) is 2. The molecule has 0 bridgehead atoms. The third-order valence-corrected chi connectivity index (χ3v) is 15.0. The fraction of sp³-hybridized carbons (Fsp3) is 0.634. The minimum Gasteiger partial charge on any atom is -0.478 e. The summed E-state index contributed by atoms with van der Waals surface area (Å²) in [6.07, 6.45) is 12.1. The lowest BCUT2D eigenvalue weighted by Crippen LogP contribution is -2.63. The van der Waals surface area contributed by atoms with Crippen LogP contribution in [0, 0.1) is 51.2 Å². The highest BCUT2D eigenvalue weighted by Crippen LogP contribution is 2.73. The number of anilines is 1. The zero-order valence-electron chi connectivity index (χ0n) is 29.2. The quantitative estimate of drug-likeness (QED) is 0.251. The molecule has 0 spiro atoms. The highest BCUT2D eigenvalue weighted by Gasteiger charge is 2.67. The Morgan fingerprint density at radius 1 is 0.771 bits per heavy atom. The maximum atomic E-state index is 14.2. The van der Waals surface area contributed by atoms with Gasteiger partial charge in [0.2, 0.25) is 5.91 Å². The van der Waals surface area contributed by atoms with E-state index in [-0.39, 0.29) is 39.7 Å². The van der Waals surface area contributed by atoms with Gasteiger partial charge in [-0.1, -0.05) is 52.3 Å². The lowest BCUT2D eigenvalue weighted by Gasteiger charge is -2.69. The Hall–Kier alpha value is -3.19. The van der Waals surface area contributed by atoms with E-state index in [1.54, 1.807) is 18.2 Å². The van der Waals surface area contributed by atoms with E-state index in [0.29, 0.717) is 52.8 Å². The van der Waals surface area contributed by atoms with Crippen molar-refractivity contribution in [2.75, 3.05) is 5.32 Å². The third kappa shape index (κ3) is 5.21. The van der Waals surface area contributed by atoms with Crippen LogP contribution < -0.4 is 10.6 Å². The summed E-state index contributed by atoms with van der Waals surface area (Å²) in [6.45, 7) is 10.2. The molecule has 48 heavy (non-hydrogen) atoms. The zero-order chi connectivity index (χ0) is 34.1. The number of aliphatic hydroxyl groups is 1. The van der Waals surface area contributed by atoms with Gasteiger partial charge in [0.1, 0.15) is 0 Å². The van der Waals surface area contributed by atoms with Crippen LogP contribution in [-0.2, 0) is 11.3 Å². The van der Waals surface area contributed by atoms with Crippen molar-refractivity contribution in [2.45, 2.75) is 111 Å². The smallest absolute Gasteiger partial charge is 0.335 e. The molecule has 9 unspecified atom stereocenters. The molecule has 7 rings (SSSR count). The Morgan fingerprint density at radius 3 is 2.31 bits per heavy atom. The monoisotopic (exact) mass is 654 g/mol. The lowest BCUT2D eigenvalue weighted by atomic mass is 9.36. The predicted molar refractivity (Wildman–Crippen MR) is 186 cm³/mol. The number of hydrogen-bond donors (Lipinski definition) is 4. The van der Waals surface area contributed by atoms with Crippen molar-refractivity contribution in [1.29, 1.82) is 0 Å². The van der Waals surface area contributed by atoms with Gasteiger partial charge in [0, 0.05) is 17.8 Å². The van der Waals surface area contributed by atoms with Crippen molar-refractivity contribution in [3.8, 4) is 0 Å². The second-order valence-corrected chi connectivity index (χ2v) is 17.3. The Morgan fingerprint density at radius 2 is 1.52 bits per heavy atom. The van der Waals surface area contributed by atoms with Crippen molar-refractivity contribution >= 4 is 23.5 Å². The van der Waals surface area contributed by atoms with Crippen LogP contribution in [0.1, 0.15) is 125 Å². The molecule has 0 heterocycles. The van der Waals surface area contributed by atoms with Gasteiger partial charge in [0.25, 0.3) is 5.91 Å². The minimum atomic E-state index is -1.05. The number of fused-ring (bicyclic) bond motifs is 7. The van der Waals surface area contributed by atoms with E-state index >= 15 is 0 Å². The number of carbonyl (C=O) groups is 3. The van der Waals surface area contributed by atoms with Gasteiger partial charge in [-0.2, -0.15) is 0 Å². The molecule has 258 valence electrons. The van der Waals surface area contributed by atoms with Crippen molar-refractivity contribution in [3.05, 3.63) is 65.2 Å². The third-order valence-electron chi connectivity index (χ3n) is 15.0. The van der Waals surface area contributed by atoms with Gasteiger partial charge in [0.15, 0.2) is 0 Å². The molecule has 2 aromatic rings. The van der Waals surface area contributed by atoms with E-state index in [0.717, 1.165) is 50.5 Å². The molecular weight excluding hydrogens is 600 g/mol. The Kier molecular flexibility index (Phi) is 8.33. The number of carboxylic acid groups (broad SMARTS) is 1. The number of benzene rings is 2. The highest BCUT2D eigenvalue weighted by molar-refractivity contribution is 6.05. The number of hydrogen-bond acceptors (Lipinski definition) is 4. The van der Waals surface area contributed by atoms with Crippen molar-refractivity contribution in [2.24, 2.45) is 51.2 Å². The number of carbonyl (C=O) groups excluding carboxylic acids is 2. The summed E-state index contributed by atoms with van der Waals surface area (Å²) in [5.41, 5.74) is 2.11. The first kappa shape index (κ1) is 33.3. The summed E-state index contributed by atoms with van der Waals surface area (Å²) in [6, 6.07) is 13.5. The molecule has 2 aromatic carbocycles. The Bertz CT molecular complexity index is 1600. The molecule has 0 aliphatic heterocycles. The summed E-state index contributed by atoms with van der Waals surface area (Å²) >= 11 is 0. The second kappa shape index (κ2) is 12.0. The summed E-state index contributed by atoms with van der Waals surface area (Å²) in [5.74, 6) is 1.77. The number of aliphatic hydroxyl groups excluding tert-OH is 1.